The van der Waals surface area contributed by atoms with Crippen LogP contribution in [0, 0.1) is 0 Å². The Kier molecular flexibility index (Phi) is 4.98. The molecule has 1 atom stereocenters. The Morgan fingerprint density at radius 3 is 2.38 bits per heavy atom. The molecule has 3 rings (SSSR count). The Labute approximate surface area is 140 Å². The van der Waals surface area contributed by atoms with Gasteiger partial charge in [0.05, 0.1) is 0 Å². The molecule has 2 saturated heterocycles. The van der Waals surface area contributed by atoms with E-state index in [-0.39, 0.29) is 24.3 Å². The van der Waals surface area contributed by atoms with Crippen molar-refractivity contribution in [2.75, 3.05) is 32.8 Å². The number of nitrogens with zero attached hydrogens (tertiary/aromatic N) is 2. The van der Waals surface area contributed by atoms with Gasteiger partial charge in [0.2, 0.25) is 11.8 Å². The highest BCUT2D eigenvalue weighted by atomic mass is 16.5. The molecule has 2 aliphatic heterocycles. The average Bonchev–Trinajstić information content (AvgIpc) is 3.06. The van der Waals surface area contributed by atoms with Crippen molar-refractivity contribution in [3.8, 4) is 5.75 Å². The van der Waals surface area contributed by atoms with Gasteiger partial charge in [0, 0.05) is 32.6 Å². The molecular formula is C17H21N3O4. The summed E-state index contributed by atoms with van der Waals surface area (Å²) in [6.45, 7) is 1.95. The lowest BCUT2D eigenvalue weighted by atomic mass is 10.2. The fourth-order valence-corrected chi connectivity index (χ4v) is 2.95. The molecule has 7 heteroatoms. The van der Waals surface area contributed by atoms with Crippen LogP contribution in [0.3, 0.4) is 0 Å². The van der Waals surface area contributed by atoms with Crippen LogP contribution in [0.15, 0.2) is 30.3 Å². The number of piperazine rings is 1. The molecule has 0 aliphatic carbocycles. The van der Waals surface area contributed by atoms with Crippen LogP contribution in [-0.4, -0.2) is 66.3 Å². The third-order valence-corrected chi connectivity index (χ3v) is 4.34. The number of carbonyl (C=O) groups is 3. The molecule has 0 aromatic heterocycles. The number of rotatable bonds is 4. The first kappa shape index (κ1) is 16.3. The van der Waals surface area contributed by atoms with Crippen LogP contribution in [0.5, 0.6) is 5.75 Å². The zero-order chi connectivity index (χ0) is 16.9. The van der Waals surface area contributed by atoms with E-state index in [0.29, 0.717) is 44.8 Å². The van der Waals surface area contributed by atoms with Crippen LogP contribution in [0.2, 0.25) is 0 Å². The van der Waals surface area contributed by atoms with E-state index in [0.717, 1.165) is 0 Å². The Balaban J connectivity index is 1.43. The van der Waals surface area contributed by atoms with E-state index in [9.17, 15) is 14.4 Å². The zero-order valence-corrected chi connectivity index (χ0v) is 13.4. The molecule has 2 fully saturated rings. The van der Waals surface area contributed by atoms with E-state index in [2.05, 4.69) is 5.32 Å². The maximum atomic E-state index is 12.3. The highest BCUT2D eigenvalue weighted by Gasteiger charge is 2.32. The first-order valence-electron chi connectivity index (χ1n) is 8.17. The van der Waals surface area contributed by atoms with Gasteiger partial charge in [0.25, 0.3) is 5.91 Å². The maximum Gasteiger partial charge on any atom is 0.260 e. The monoisotopic (exact) mass is 331 g/mol. The van der Waals surface area contributed by atoms with Gasteiger partial charge >= 0.3 is 0 Å². The topological polar surface area (TPSA) is 79.0 Å². The summed E-state index contributed by atoms with van der Waals surface area (Å²) in [7, 11) is 0. The normalized spacial score (nSPS) is 20.7. The second-order valence-corrected chi connectivity index (χ2v) is 5.97. The number of amides is 3. The Morgan fingerprint density at radius 1 is 1.08 bits per heavy atom. The standard InChI is InChI=1S/C17H21N3O4/c21-15-7-6-14(18-15)17(23)20-10-8-19(9-11-20)16(22)12-24-13-4-2-1-3-5-13/h1-5,14H,6-12H2,(H,18,21). The third-order valence-electron chi connectivity index (χ3n) is 4.34. The Hall–Kier alpha value is -2.57. The van der Waals surface area contributed by atoms with Gasteiger partial charge in [0.1, 0.15) is 11.8 Å². The number of para-hydroxylation sites is 1. The lowest BCUT2D eigenvalue weighted by Gasteiger charge is -2.35. The first-order chi connectivity index (χ1) is 11.6. The van der Waals surface area contributed by atoms with Crippen molar-refractivity contribution < 1.29 is 19.1 Å². The largest absolute Gasteiger partial charge is 0.484 e. The van der Waals surface area contributed by atoms with Gasteiger partial charge in [-0.25, -0.2) is 0 Å². The van der Waals surface area contributed by atoms with E-state index in [1.54, 1.807) is 21.9 Å². The fourth-order valence-electron chi connectivity index (χ4n) is 2.95. The molecule has 128 valence electrons. The van der Waals surface area contributed by atoms with Crippen molar-refractivity contribution in [3.63, 3.8) is 0 Å². The number of nitrogens with one attached hydrogen (secondary N) is 1. The van der Waals surface area contributed by atoms with E-state index in [1.807, 2.05) is 18.2 Å². The highest BCUT2D eigenvalue weighted by molar-refractivity contribution is 5.91. The number of carbonyl (C=O) groups excluding carboxylic acids is 3. The number of ether oxygens (including phenoxy) is 1. The quantitative estimate of drug-likeness (QED) is 0.843. The summed E-state index contributed by atoms with van der Waals surface area (Å²) < 4.78 is 5.47. The molecule has 1 aromatic carbocycles. The van der Waals surface area contributed by atoms with Gasteiger partial charge in [0.15, 0.2) is 6.61 Å². The summed E-state index contributed by atoms with van der Waals surface area (Å²) in [6, 6.07) is 8.80. The molecule has 2 aliphatic rings. The van der Waals surface area contributed by atoms with Crippen molar-refractivity contribution in [1.82, 2.24) is 15.1 Å². The summed E-state index contributed by atoms with van der Waals surface area (Å²) >= 11 is 0. The number of benzene rings is 1. The van der Waals surface area contributed by atoms with Crippen molar-refractivity contribution in [2.24, 2.45) is 0 Å². The van der Waals surface area contributed by atoms with Crippen molar-refractivity contribution in [2.45, 2.75) is 18.9 Å². The summed E-state index contributed by atoms with van der Waals surface area (Å²) in [5.74, 6) is 0.463. The molecule has 1 unspecified atom stereocenters. The predicted octanol–water partition coefficient (Wildman–Crippen LogP) is 0.0148. The second-order valence-electron chi connectivity index (χ2n) is 5.97. The van der Waals surface area contributed by atoms with Crippen LogP contribution in [0.1, 0.15) is 12.8 Å². The van der Waals surface area contributed by atoms with E-state index in [4.69, 9.17) is 4.74 Å². The first-order valence-corrected chi connectivity index (χ1v) is 8.17. The summed E-state index contributed by atoms with van der Waals surface area (Å²) in [6.07, 6.45) is 0.966. The lowest BCUT2D eigenvalue weighted by Crippen LogP contribution is -2.55. The molecule has 2 heterocycles. The van der Waals surface area contributed by atoms with Crippen LogP contribution in [0.4, 0.5) is 0 Å². The van der Waals surface area contributed by atoms with E-state index in [1.165, 1.54) is 0 Å². The molecule has 1 aromatic rings. The molecule has 0 radical (unpaired) electrons. The summed E-state index contributed by atoms with van der Waals surface area (Å²) in [4.78, 5) is 39.2. The Morgan fingerprint density at radius 2 is 1.75 bits per heavy atom. The maximum absolute atomic E-state index is 12.3. The third kappa shape index (κ3) is 3.84. The lowest BCUT2D eigenvalue weighted by molar-refractivity contribution is -0.141. The van der Waals surface area contributed by atoms with Gasteiger partial charge < -0.3 is 19.9 Å². The van der Waals surface area contributed by atoms with Crippen LogP contribution in [0.25, 0.3) is 0 Å². The average molecular weight is 331 g/mol. The van der Waals surface area contributed by atoms with Crippen LogP contribution in [-0.2, 0) is 14.4 Å². The van der Waals surface area contributed by atoms with Crippen molar-refractivity contribution in [3.05, 3.63) is 30.3 Å². The van der Waals surface area contributed by atoms with Gasteiger partial charge in [-0.05, 0) is 18.6 Å². The minimum Gasteiger partial charge on any atom is -0.484 e. The van der Waals surface area contributed by atoms with Gasteiger partial charge in [-0.1, -0.05) is 18.2 Å². The molecule has 0 spiro atoms. The SMILES string of the molecule is O=C1CCC(C(=O)N2CCN(C(=O)COc3ccccc3)CC2)N1. The minimum atomic E-state index is -0.402. The Bertz CT molecular complexity index is 612. The van der Waals surface area contributed by atoms with Gasteiger partial charge in [-0.2, -0.15) is 0 Å². The van der Waals surface area contributed by atoms with Gasteiger partial charge in [-0.15, -0.1) is 0 Å². The zero-order valence-electron chi connectivity index (χ0n) is 13.4. The molecule has 0 bridgehead atoms. The summed E-state index contributed by atoms with van der Waals surface area (Å²) in [5, 5.41) is 2.69. The smallest absolute Gasteiger partial charge is 0.260 e. The summed E-state index contributed by atoms with van der Waals surface area (Å²) in [5.41, 5.74) is 0. The minimum absolute atomic E-state index is 0.00333. The fraction of sp³-hybridized carbons (Fsp3) is 0.471. The van der Waals surface area contributed by atoms with E-state index < -0.39 is 6.04 Å². The van der Waals surface area contributed by atoms with Gasteiger partial charge in [-0.3, -0.25) is 14.4 Å². The molecular weight excluding hydrogens is 310 g/mol. The molecule has 0 saturated carbocycles. The molecule has 24 heavy (non-hydrogen) atoms. The van der Waals surface area contributed by atoms with Crippen molar-refractivity contribution >= 4 is 17.7 Å². The predicted molar refractivity (Wildman–Crippen MR) is 86.3 cm³/mol. The van der Waals surface area contributed by atoms with Crippen LogP contribution >= 0.6 is 0 Å². The molecule has 3 amide bonds. The van der Waals surface area contributed by atoms with Crippen molar-refractivity contribution in [1.29, 1.82) is 0 Å². The second kappa shape index (κ2) is 7.33. The van der Waals surface area contributed by atoms with E-state index >= 15 is 0 Å². The highest BCUT2D eigenvalue weighted by Crippen LogP contribution is 2.13. The molecule has 1 N–H and O–H groups in total. The van der Waals surface area contributed by atoms with Crippen LogP contribution < -0.4 is 10.1 Å². The molecule has 7 nitrogen and oxygen atoms in total. The number of hydrogen-bond acceptors (Lipinski definition) is 4. The number of hydrogen-bond donors (Lipinski definition) is 1.